The summed E-state index contributed by atoms with van der Waals surface area (Å²) >= 11 is 0. The van der Waals surface area contributed by atoms with E-state index in [1.807, 2.05) is 0 Å². The van der Waals surface area contributed by atoms with Crippen LogP contribution in [0.4, 0.5) is 0 Å². The van der Waals surface area contributed by atoms with Crippen molar-refractivity contribution in [3.8, 4) is 0 Å². The second kappa shape index (κ2) is 4.74. The Morgan fingerprint density at radius 3 is 2.50 bits per heavy atom. The predicted molar refractivity (Wildman–Crippen MR) is 65.5 cm³/mol. The zero-order chi connectivity index (χ0) is 12.4. The highest BCUT2D eigenvalue weighted by Gasteiger charge is 2.47. The molecular formula is C13H25NO2. The van der Waals surface area contributed by atoms with Crippen molar-refractivity contribution in [3.63, 3.8) is 0 Å². The first-order valence-corrected chi connectivity index (χ1v) is 6.30. The van der Waals surface area contributed by atoms with Gasteiger partial charge in [-0.1, -0.05) is 27.7 Å². The van der Waals surface area contributed by atoms with Gasteiger partial charge >= 0.3 is 5.97 Å². The number of aliphatic carboxylic acids is 1. The van der Waals surface area contributed by atoms with Crippen molar-refractivity contribution in [2.24, 2.45) is 11.3 Å². The summed E-state index contributed by atoms with van der Waals surface area (Å²) in [5.41, 5.74) is -0.575. The van der Waals surface area contributed by atoms with Crippen LogP contribution in [0.3, 0.4) is 0 Å². The Hall–Kier alpha value is -0.570. The average molecular weight is 227 g/mol. The van der Waals surface area contributed by atoms with Gasteiger partial charge in [-0.15, -0.1) is 0 Å². The monoisotopic (exact) mass is 227 g/mol. The summed E-state index contributed by atoms with van der Waals surface area (Å²) in [6.07, 6.45) is 3.59. The normalized spacial score (nSPS) is 33.6. The number of rotatable bonds is 4. The molecule has 0 heterocycles. The van der Waals surface area contributed by atoms with Crippen molar-refractivity contribution < 1.29 is 9.90 Å². The number of hydrogen-bond acceptors (Lipinski definition) is 2. The molecule has 0 amide bonds. The van der Waals surface area contributed by atoms with Crippen molar-refractivity contribution in [2.45, 2.75) is 58.9 Å². The van der Waals surface area contributed by atoms with Crippen molar-refractivity contribution in [1.29, 1.82) is 0 Å². The van der Waals surface area contributed by atoms with Crippen LogP contribution in [0.25, 0.3) is 0 Å². The third-order valence-corrected chi connectivity index (χ3v) is 3.50. The molecule has 3 heteroatoms. The van der Waals surface area contributed by atoms with E-state index >= 15 is 0 Å². The Labute approximate surface area is 98.6 Å². The maximum absolute atomic E-state index is 11.6. The van der Waals surface area contributed by atoms with E-state index in [1.54, 1.807) is 0 Å². The van der Waals surface area contributed by atoms with Gasteiger partial charge in [-0.25, -0.2) is 0 Å². The lowest BCUT2D eigenvalue weighted by atomic mass is 9.64. The number of hydrogen-bond donors (Lipinski definition) is 2. The van der Waals surface area contributed by atoms with Gasteiger partial charge in [0, 0.05) is 0 Å². The fraction of sp³-hybridized carbons (Fsp3) is 0.923. The maximum atomic E-state index is 11.6. The quantitative estimate of drug-likeness (QED) is 0.776. The van der Waals surface area contributed by atoms with E-state index in [2.05, 4.69) is 33.0 Å². The SMILES string of the molecule is CCCNC1(C(=O)O)CC(C)CC(C)(C)C1. The first-order valence-electron chi connectivity index (χ1n) is 6.30. The van der Waals surface area contributed by atoms with Crippen molar-refractivity contribution in [3.05, 3.63) is 0 Å². The van der Waals surface area contributed by atoms with Gasteiger partial charge in [0.2, 0.25) is 0 Å². The van der Waals surface area contributed by atoms with Crippen LogP contribution in [-0.2, 0) is 4.79 Å². The van der Waals surface area contributed by atoms with E-state index in [9.17, 15) is 9.90 Å². The number of carboxylic acids is 1. The Kier molecular flexibility index (Phi) is 4.00. The Morgan fingerprint density at radius 1 is 1.44 bits per heavy atom. The standard InChI is InChI=1S/C13H25NO2/c1-5-6-14-13(11(15)16)8-10(2)7-12(3,4)9-13/h10,14H,5-9H2,1-4H3,(H,15,16). The molecule has 1 rings (SSSR count). The molecule has 0 spiro atoms. The van der Waals surface area contributed by atoms with Crippen LogP contribution >= 0.6 is 0 Å². The van der Waals surface area contributed by atoms with Crippen LogP contribution in [0.1, 0.15) is 53.4 Å². The van der Waals surface area contributed by atoms with Gasteiger partial charge in [0.15, 0.2) is 0 Å². The topological polar surface area (TPSA) is 49.3 Å². The first kappa shape index (κ1) is 13.5. The van der Waals surface area contributed by atoms with Crippen LogP contribution in [0.5, 0.6) is 0 Å². The molecule has 0 bridgehead atoms. The zero-order valence-corrected chi connectivity index (χ0v) is 11.0. The van der Waals surface area contributed by atoms with Gasteiger partial charge in [0.25, 0.3) is 0 Å². The summed E-state index contributed by atoms with van der Waals surface area (Å²) < 4.78 is 0. The minimum absolute atomic E-state index is 0.122. The van der Waals surface area contributed by atoms with E-state index in [1.165, 1.54) is 0 Å². The summed E-state index contributed by atoms with van der Waals surface area (Å²) in [5, 5.41) is 12.8. The van der Waals surface area contributed by atoms with Gasteiger partial charge < -0.3 is 10.4 Å². The highest BCUT2D eigenvalue weighted by Crippen LogP contribution is 2.43. The number of carboxylic acid groups (broad SMARTS) is 1. The molecule has 0 aromatic carbocycles. The third-order valence-electron chi connectivity index (χ3n) is 3.50. The smallest absolute Gasteiger partial charge is 0.323 e. The maximum Gasteiger partial charge on any atom is 0.323 e. The largest absolute Gasteiger partial charge is 0.480 e. The van der Waals surface area contributed by atoms with E-state index < -0.39 is 11.5 Å². The van der Waals surface area contributed by atoms with E-state index in [0.29, 0.717) is 5.92 Å². The lowest BCUT2D eigenvalue weighted by Crippen LogP contribution is -2.58. The summed E-state index contributed by atoms with van der Waals surface area (Å²) in [4.78, 5) is 11.6. The zero-order valence-electron chi connectivity index (χ0n) is 11.0. The van der Waals surface area contributed by atoms with Gasteiger partial charge in [-0.2, -0.15) is 0 Å². The van der Waals surface area contributed by atoms with Crippen LogP contribution in [0, 0.1) is 11.3 Å². The lowest BCUT2D eigenvalue weighted by molar-refractivity contribution is -0.149. The Bertz CT molecular complexity index is 263. The molecule has 2 N–H and O–H groups in total. The average Bonchev–Trinajstić information content (AvgIpc) is 2.11. The molecule has 0 saturated heterocycles. The number of nitrogens with one attached hydrogen (secondary N) is 1. The highest BCUT2D eigenvalue weighted by atomic mass is 16.4. The lowest BCUT2D eigenvalue weighted by Gasteiger charge is -2.45. The fourth-order valence-corrected chi connectivity index (χ4v) is 3.31. The van der Waals surface area contributed by atoms with Crippen molar-refractivity contribution in [2.75, 3.05) is 6.54 Å². The van der Waals surface area contributed by atoms with Gasteiger partial charge in [-0.05, 0) is 43.6 Å². The molecule has 1 saturated carbocycles. The van der Waals surface area contributed by atoms with Crippen LogP contribution in [-0.4, -0.2) is 23.2 Å². The molecule has 2 atom stereocenters. The number of carbonyl (C=O) groups is 1. The molecule has 0 aromatic heterocycles. The molecule has 16 heavy (non-hydrogen) atoms. The van der Waals surface area contributed by atoms with E-state index in [-0.39, 0.29) is 5.41 Å². The minimum atomic E-state index is -0.697. The summed E-state index contributed by atoms with van der Waals surface area (Å²) in [6, 6.07) is 0. The molecule has 0 radical (unpaired) electrons. The summed E-state index contributed by atoms with van der Waals surface area (Å²) in [6.45, 7) is 9.36. The molecule has 1 fully saturated rings. The summed E-state index contributed by atoms with van der Waals surface area (Å²) in [5.74, 6) is -0.204. The Balaban J connectivity index is 2.87. The molecule has 2 unspecified atom stereocenters. The van der Waals surface area contributed by atoms with Gasteiger partial charge in [0.1, 0.15) is 5.54 Å². The molecule has 0 aromatic rings. The van der Waals surface area contributed by atoms with Crippen molar-refractivity contribution in [1.82, 2.24) is 5.32 Å². The molecule has 1 aliphatic carbocycles. The predicted octanol–water partition coefficient (Wildman–Crippen LogP) is 2.66. The second-order valence-corrected chi connectivity index (χ2v) is 6.17. The fourth-order valence-electron chi connectivity index (χ4n) is 3.31. The van der Waals surface area contributed by atoms with Gasteiger partial charge in [0.05, 0.1) is 0 Å². The molecule has 1 aliphatic rings. The first-order chi connectivity index (χ1) is 7.31. The van der Waals surface area contributed by atoms with E-state index in [0.717, 1.165) is 32.2 Å². The minimum Gasteiger partial charge on any atom is -0.480 e. The van der Waals surface area contributed by atoms with Crippen LogP contribution in [0.2, 0.25) is 0 Å². The molecule has 3 nitrogen and oxygen atoms in total. The molecular weight excluding hydrogens is 202 g/mol. The van der Waals surface area contributed by atoms with E-state index in [4.69, 9.17) is 0 Å². The van der Waals surface area contributed by atoms with Gasteiger partial charge in [-0.3, -0.25) is 4.79 Å². The van der Waals surface area contributed by atoms with Crippen LogP contribution < -0.4 is 5.32 Å². The molecule has 94 valence electrons. The van der Waals surface area contributed by atoms with Crippen molar-refractivity contribution >= 4 is 5.97 Å². The highest BCUT2D eigenvalue weighted by molar-refractivity contribution is 5.79. The third kappa shape index (κ3) is 2.97. The van der Waals surface area contributed by atoms with Crippen LogP contribution in [0.15, 0.2) is 0 Å². The second-order valence-electron chi connectivity index (χ2n) is 6.17. The summed E-state index contributed by atoms with van der Waals surface area (Å²) in [7, 11) is 0. The molecule has 0 aliphatic heterocycles. The Morgan fingerprint density at radius 2 is 2.06 bits per heavy atom.